The maximum absolute atomic E-state index is 12.4. The van der Waals surface area contributed by atoms with Crippen LogP contribution in [0.5, 0.6) is 0 Å². The number of nitrogens with zero attached hydrogens (tertiary/aromatic N) is 2. The van der Waals surface area contributed by atoms with E-state index in [2.05, 4.69) is 11.4 Å². The Morgan fingerprint density at radius 1 is 1.22 bits per heavy atom. The molecule has 0 atom stereocenters. The lowest BCUT2D eigenvalue weighted by Crippen LogP contribution is -2.45. The minimum atomic E-state index is -0.518. The summed E-state index contributed by atoms with van der Waals surface area (Å²) in [6, 6.07) is 9.25. The molecule has 0 bridgehead atoms. The van der Waals surface area contributed by atoms with Gasteiger partial charge < -0.3 is 10.2 Å². The maximum atomic E-state index is 12.4. The second kappa shape index (κ2) is 7.77. The fraction of sp³-hybridized carbons (Fsp3) is 0.500. The van der Waals surface area contributed by atoms with Gasteiger partial charge in [-0.25, -0.2) is 0 Å². The highest BCUT2D eigenvalue weighted by atomic mass is 16.2. The van der Waals surface area contributed by atoms with Gasteiger partial charge in [-0.05, 0) is 31.5 Å². The zero-order valence-electron chi connectivity index (χ0n) is 14.5. The Hall–Kier alpha value is -2.35. The fourth-order valence-electron chi connectivity index (χ4n) is 1.96. The number of nitriles is 1. The summed E-state index contributed by atoms with van der Waals surface area (Å²) in [5, 5.41) is 11.5. The van der Waals surface area contributed by atoms with Crippen LogP contribution < -0.4 is 5.32 Å². The SMILES string of the molecule is CC(C)N(Cc1ccc(C#N)cc1)C(=O)CNC(=O)C(C)(C)C. The van der Waals surface area contributed by atoms with Crippen molar-refractivity contribution in [3.8, 4) is 6.07 Å². The van der Waals surface area contributed by atoms with Gasteiger partial charge in [0.15, 0.2) is 0 Å². The van der Waals surface area contributed by atoms with Crippen LogP contribution in [0.15, 0.2) is 24.3 Å². The highest BCUT2D eigenvalue weighted by Crippen LogP contribution is 2.13. The van der Waals surface area contributed by atoms with E-state index in [4.69, 9.17) is 5.26 Å². The first-order valence-corrected chi connectivity index (χ1v) is 7.72. The van der Waals surface area contributed by atoms with E-state index in [-0.39, 0.29) is 24.4 Å². The summed E-state index contributed by atoms with van der Waals surface area (Å²) in [6.07, 6.45) is 0. The monoisotopic (exact) mass is 315 g/mol. The number of benzene rings is 1. The Balaban J connectivity index is 2.72. The van der Waals surface area contributed by atoms with Crippen LogP contribution in [-0.4, -0.2) is 29.3 Å². The summed E-state index contributed by atoms with van der Waals surface area (Å²) in [4.78, 5) is 26.0. The zero-order chi connectivity index (χ0) is 17.6. The topological polar surface area (TPSA) is 73.2 Å². The van der Waals surface area contributed by atoms with Crippen molar-refractivity contribution in [2.75, 3.05) is 6.54 Å². The van der Waals surface area contributed by atoms with E-state index in [9.17, 15) is 9.59 Å². The predicted molar refractivity (Wildman–Crippen MR) is 89.3 cm³/mol. The second-order valence-corrected chi connectivity index (χ2v) is 6.86. The molecule has 0 unspecified atom stereocenters. The minimum Gasteiger partial charge on any atom is -0.347 e. The third-order valence-corrected chi connectivity index (χ3v) is 3.46. The molecule has 0 aromatic heterocycles. The van der Waals surface area contributed by atoms with Gasteiger partial charge in [0, 0.05) is 18.0 Å². The van der Waals surface area contributed by atoms with Gasteiger partial charge in [0.05, 0.1) is 18.2 Å². The van der Waals surface area contributed by atoms with Crippen molar-refractivity contribution in [3.05, 3.63) is 35.4 Å². The van der Waals surface area contributed by atoms with Crippen LogP contribution in [0.2, 0.25) is 0 Å². The Bertz CT molecular complexity index is 592. The molecule has 1 rings (SSSR count). The lowest BCUT2D eigenvalue weighted by atomic mass is 9.96. The Labute approximate surface area is 138 Å². The molecular formula is C18H25N3O2. The van der Waals surface area contributed by atoms with E-state index in [0.29, 0.717) is 12.1 Å². The maximum Gasteiger partial charge on any atom is 0.242 e. The van der Waals surface area contributed by atoms with E-state index in [0.717, 1.165) is 5.56 Å². The van der Waals surface area contributed by atoms with Crippen LogP contribution >= 0.6 is 0 Å². The molecule has 5 heteroatoms. The number of carbonyl (C=O) groups excluding carboxylic acids is 2. The molecule has 0 heterocycles. The lowest BCUT2D eigenvalue weighted by Gasteiger charge is -2.28. The summed E-state index contributed by atoms with van der Waals surface area (Å²) < 4.78 is 0. The van der Waals surface area contributed by atoms with Crippen LogP contribution in [0, 0.1) is 16.7 Å². The van der Waals surface area contributed by atoms with Crippen LogP contribution in [0.3, 0.4) is 0 Å². The van der Waals surface area contributed by atoms with Crippen molar-refractivity contribution in [3.63, 3.8) is 0 Å². The van der Waals surface area contributed by atoms with Gasteiger partial charge in [-0.15, -0.1) is 0 Å². The van der Waals surface area contributed by atoms with Crippen molar-refractivity contribution in [1.82, 2.24) is 10.2 Å². The van der Waals surface area contributed by atoms with Gasteiger partial charge in [0.2, 0.25) is 11.8 Å². The minimum absolute atomic E-state index is 0.00936. The normalized spacial score (nSPS) is 11.0. The summed E-state index contributed by atoms with van der Waals surface area (Å²) in [5.74, 6) is -0.269. The van der Waals surface area contributed by atoms with Crippen LogP contribution in [0.25, 0.3) is 0 Å². The molecule has 0 radical (unpaired) electrons. The van der Waals surface area contributed by atoms with Crippen molar-refractivity contribution in [1.29, 1.82) is 5.26 Å². The molecule has 0 aliphatic heterocycles. The highest BCUT2D eigenvalue weighted by molar-refractivity contribution is 5.87. The summed E-state index contributed by atoms with van der Waals surface area (Å²) >= 11 is 0. The molecule has 1 aromatic rings. The molecule has 1 N–H and O–H groups in total. The number of amides is 2. The highest BCUT2D eigenvalue weighted by Gasteiger charge is 2.23. The number of rotatable bonds is 5. The van der Waals surface area contributed by atoms with Crippen LogP contribution in [0.1, 0.15) is 45.7 Å². The first-order valence-electron chi connectivity index (χ1n) is 7.72. The number of hydrogen-bond acceptors (Lipinski definition) is 3. The first-order chi connectivity index (χ1) is 10.6. The third kappa shape index (κ3) is 5.74. The van der Waals surface area contributed by atoms with Crippen molar-refractivity contribution < 1.29 is 9.59 Å². The molecule has 0 fully saturated rings. The van der Waals surface area contributed by atoms with Crippen molar-refractivity contribution in [2.45, 2.75) is 47.2 Å². The smallest absolute Gasteiger partial charge is 0.242 e. The number of hydrogen-bond donors (Lipinski definition) is 1. The second-order valence-electron chi connectivity index (χ2n) is 6.86. The number of nitrogens with one attached hydrogen (secondary N) is 1. The van der Waals surface area contributed by atoms with Gasteiger partial charge in [-0.3, -0.25) is 9.59 Å². The van der Waals surface area contributed by atoms with E-state index in [1.54, 1.807) is 17.0 Å². The molecule has 23 heavy (non-hydrogen) atoms. The molecule has 2 amide bonds. The molecule has 0 aliphatic rings. The Kier molecular flexibility index (Phi) is 6.32. The lowest BCUT2D eigenvalue weighted by molar-refractivity contribution is -0.136. The molecule has 124 valence electrons. The Morgan fingerprint density at radius 2 is 1.78 bits per heavy atom. The van der Waals surface area contributed by atoms with E-state index >= 15 is 0 Å². The Morgan fingerprint density at radius 3 is 2.22 bits per heavy atom. The molecule has 0 saturated heterocycles. The summed E-state index contributed by atoms with van der Waals surface area (Å²) in [7, 11) is 0. The van der Waals surface area contributed by atoms with Gasteiger partial charge in [0.1, 0.15) is 0 Å². The number of carbonyl (C=O) groups is 2. The average molecular weight is 315 g/mol. The van der Waals surface area contributed by atoms with Crippen LogP contribution in [-0.2, 0) is 16.1 Å². The third-order valence-electron chi connectivity index (χ3n) is 3.46. The molecule has 0 spiro atoms. The fourth-order valence-corrected chi connectivity index (χ4v) is 1.96. The van der Waals surface area contributed by atoms with Crippen molar-refractivity contribution in [2.24, 2.45) is 5.41 Å². The predicted octanol–water partition coefficient (Wildman–Crippen LogP) is 2.46. The van der Waals surface area contributed by atoms with Crippen molar-refractivity contribution >= 4 is 11.8 Å². The summed E-state index contributed by atoms with van der Waals surface area (Å²) in [5.41, 5.74) is 1.03. The van der Waals surface area contributed by atoms with Gasteiger partial charge in [-0.2, -0.15) is 5.26 Å². The van der Waals surface area contributed by atoms with Crippen LogP contribution in [0.4, 0.5) is 0 Å². The molecule has 5 nitrogen and oxygen atoms in total. The molecular weight excluding hydrogens is 290 g/mol. The van der Waals surface area contributed by atoms with Gasteiger partial charge >= 0.3 is 0 Å². The van der Waals surface area contributed by atoms with Gasteiger partial charge in [0.25, 0.3) is 0 Å². The van der Waals surface area contributed by atoms with E-state index in [1.807, 2.05) is 46.8 Å². The van der Waals surface area contributed by atoms with Gasteiger partial charge in [-0.1, -0.05) is 32.9 Å². The van der Waals surface area contributed by atoms with E-state index in [1.165, 1.54) is 0 Å². The average Bonchev–Trinajstić information content (AvgIpc) is 2.49. The van der Waals surface area contributed by atoms with E-state index < -0.39 is 5.41 Å². The largest absolute Gasteiger partial charge is 0.347 e. The standard InChI is InChI=1S/C18H25N3O2/c1-13(2)21(12-15-8-6-14(10-19)7-9-15)16(22)11-20-17(23)18(3,4)5/h6-9,13H,11-12H2,1-5H3,(H,20,23). The molecule has 0 aliphatic carbocycles. The molecule has 1 aromatic carbocycles. The first kappa shape index (κ1) is 18.7. The zero-order valence-corrected chi connectivity index (χ0v) is 14.5. The molecule has 0 saturated carbocycles. The quantitative estimate of drug-likeness (QED) is 0.907. The summed E-state index contributed by atoms with van der Waals surface area (Å²) in [6.45, 7) is 9.75.